The molecule has 1 aromatic heterocycles. The highest BCUT2D eigenvalue weighted by atomic mass is 16.5. The van der Waals surface area contributed by atoms with Crippen LogP contribution in [0.25, 0.3) is 0 Å². The first-order valence-corrected chi connectivity index (χ1v) is 5.41. The van der Waals surface area contributed by atoms with Crippen LogP contribution in [0.2, 0.25) is 0 Å². The van der Waals surface area contributed by atoms with Crippen LogP contribution in [-0.4, -0.2) is 42.0 Å². The summed E-state index contributed by atoms with van der Waals surface area (Å²) in [5.74, 6) is -0.544. The lowest BCUT2D eigenvalue weighted by Gasteiger charge is -2.19. The van der Waals surface area contributed by atoms with E-state index in [9.17, 15) is 9.59 Å². The molecule has 0 aliphatic rings. The summed E-state index contributed by atoms with van der Waals surface area (Å²) in [4.78, 5) is 28.5. The minimum Gasteiger partial charge on any atom is -0.468 e. The maximum atomic E-state index is 11.9. The van der Waals surface area contributed by atoms with Crippen LogP contribution in [-0.2, 0) is 20.7 Å². The number of carbonyl (C=O) groups is 2. The van der Waals surface area contributed by atoms with E-state index in [1.807, 2.05) is 13.0 Å². The molecule has 92 valence electrons. The molecule has 0 saturated carbocycles. The Kier molecular flexibility index (Phi) is 5.13. The van der Waals surface area contributed by atoms with E-state index in [-0.39, 0.29) is 18.9 Å². The fraction of sp³-hybridized carbons (Fsp3) is 0.417. The second kappa shape index (κ2) is 6.62. The second-order valence-corrected chi connectivity index (χ2v) is 3.48. The molecule has 0 aliphatic heterocycles. The molecule has 1 aromatic rings. The van der Waals surface area contributed by atoms with Gasteiger partial charge >= 0.3 is 5.97 Å². The summed E-state index contributed by atoms with van der Waals surface area (Å²) in [7, 11) is 1.30. The fourth-order valence-corrected chi connectivity index (χ4v) is 1.37. The molecular weight excluding hydrogens is 220 g/mol. The zero-order valence-corrected chi connectivity index (χ0v) is 10.0. The molecule has 0 unspecified atom stereocenters. The van der Waals surface area contributed by atoms with Gasteiger partial charge in [0.15, 0.2) is 0 Å². The van der Waals surface area contributed by atoms with E-state index in [1.165, 1.54) is 12.0 Å². The maximum absolute atomic E-state index is 11.9. The molecule has 0 spiro atoms. The number of hydrogen-bond donors (Lipinski definition) is 0. The van der Waals surface area contributed by atoms with Gasteiger partial charge in [-0.1, -0.05) is 6.07 Å². The molecule has 1 heterocycles. The lowest BCUT2D eigenvalue weighted by atomic mass is 10.2. The number of aromatic nitrogens is 1. The lowest BCUT2D eigenvalue weighted by Crippen LogP contribution is -2.37. The van der Waals surface area contributed by atoms with Gasteiger partial charge in [0.2, 0.25) is 5.91 Å². The van der Waals surface area contributed by atoms with Crippen molar-refractivity contribution in [3.8, 4) is 0 Å². The van der Waals surface area contributed by atoms with Gasteiger partial charge in [-0.25, -0.2) is 0 Å². The highest BCUT2D eigenvalue weighted by molar-refractivity contribution is 5.83. The van der Waals surface area contributed by atoms with Gasteiger partial charge in [0.25, 0.3) is 0 Å². The number of esters is 1. The van der Waals surface area contributed by atoms with E-state index in [0.717, 1.165) is 0 Å². The Morgan fingerprint density at radius 2 is 2.18 bits per heavy atom. The van der Waals surface area contributed by atoms with Gasteiger partial charge in [-0.05, 0) is 19.1 Å². The van der Waals surface area contributed by atoms with Crippen LogP contribution in [0, 0.1) is 0 Å². The van der Waals surface area contributed by atoms with Gasteiger partial charge in [-0.2, -0.15) is 0 Å². The normalized spacial score (nSPS) is 9.76. The molecule has 0 N–H and O–H groups in total. The first-order valence-electron chi connectivity index (χ1n) is 5.41. The second-order valence-electron chi connectivity index (χ2n) is 3.48. The van der Waals surface area contributed by atoms with E-state index >= 15 is 0 Å². The summed E-state index contributed by atoms with van der Waals surface area (Å²) in [6.45, 7) is 2.28. The van der Waals surface area contributed by atoms with Crippen molar-refractivity contribution >= 4 is 11.9 Å². The number of pyridine rings is 1. The number of hydrogen-bond acceptors (Lipinski definition) is 4. The Balaban J connectivity index is 2.58. The molecule has 1 amide bonds. The molecule has 0 aliphatic carbocycles. The van der Waals surface area contributed by atoms with Crippen LogP contribution >= 0.6 is 0 Å². The number of ether oxygens (including phenoxy) is 1. The van der Waals surface area contributed by atoms with Crippen molar-refractivity contribution in [2.75, 3.05) is 20.2 Å². The van der Waals surface area contributed by atoms with Crippen LogP contribution in [0.1, 0.15) is 12.6 Å². The summed E-state index contributed by atoms with van der Waals surface area (Å²) in [6.07, 6.45) is 1.84. The quantitative estimate of drug-likeness (QED) is 0.704. The summed E-state index contributed by atoms with van der Waals surface area (Å²) in [5.41, 5.74) is 0.695. The van der Waals surface area contributed by atoms with Crippen LogP contribution in [0.15, 0.2) is 24.4 Å². The Hall–Kier alpha value is -1.91. The van der Waals surface area contributed by atoms with Gasteiger partial charge in [-0.15, -0.1) is 0 Å². The van der Waals surface area contributed by atoms with Crippen molar-refractivity contribution in [3.05, 3.63) is 30.1 Å². The number of methoxy groups -OCH3 is 1. The number of amides is 1. The van der Waals surface area contributed by atoms with E-state index in [0.29, 0.717) is 12.2 Å². The third kappa shape index (κ3) is 4.22. The zero-order valence-electron chi connectivity index (χ0n) is 10.0. The number of nitrogens with zero attached hydrogens (tertiary/aromatic N) is 2. The highest BCUT2D eigenvalue weighted by Crippen LogP contribution is 2.00. The van der Waals surface area contributed by atoms with Crippen LogP contribution in [0.4, 0.5) is 0 Å². The summed E-state index contributed by atoms with van der Waals surface area (Å²) in [6, 6.07) is 5.40. The molecule has 0 radical (unpaired) electrons. The Labute approximate surface area is 100 Å². The van der Waals surface area contributed by atoms with E-state index in [1.54, 1.807) is 18.3 Å². The fourth-order valence-electron chi connectivity index (χ4n) is 1.37. The minimum absolute atomic E-state index is 0.0152. The van der Waals surface area contributed by atoms with Crippen molar-refractivity contribution in [1.29, 1.82) is 0 Å². The van der Waals surface area contributed by atoms with Crippen LogP contribution < -0.4 is 0 Å². The molecular formula is C12H16N2O3. The third-order valence-electron chi connectivity index (χ3n) is 2.34. The highest BCUT2D eigenvalue weighted by Gasteiger charge is 2.16. The first-order chi connectivity index (χ1) is 8.17. The van der Waals surface area contributed by atoms with Gasteiger partial charge in [0.05, 0.1) is 13.5 Å². The van der Waals surface area contributed by atoms with Crippen LogP contribution in [0.3, 0.4) is 0 Å². The zero-order chi connectivity index (χ0) is 12.7. The summed E-state index contributed by atoms with van der Waals surface area (Å²) in [5, 5.41) is 0. The maximum Gasteiger partial charge on any atom is 0.325 e. The number of carbonyl (C=O) groups excluding carboxylic acids is 2. The summed E-state index contributed by atoms with van der Waals surface area (Å²) < 4.78 is 4.53. The molecule has 5 nitrogen and oxygen atoms in total. The monoisotopic (exact) mass is 236 g/mol. The predicted octanol–water partition coefficient (Wildman–Crippen LogP) is 0.646. The molecule has 0 atom stereocenters. The molecule has 0 bridgehead atoms. The Morgan fingerprint density at radius 1 is 1.41 bits per heavy atom. The third-order valence-corrected chi connectivity index (χ3v) is 2.34. The van der Waals surface area contributed by atoms with Crippen molar-refractivity contribution in [1.82, 2.24) is 9.88 Å². The SMILES string of the molecule is CCN(CC(=O)OC)C(=O)Cc1ccccn1. The average Bonchev–Trinajstić information content (AvgIpc) is 2.36. The largest absolute Gasteiger partial charge is 0.468 e. The minimum atomic E-state index is -0.416. The van der Waals surface area contributed by atoms with Crippen molar-refractivity contribution in [2.45, 2.75) is 13.3 Å². The van der Waals surface area contributed by atoms with Crippen molar-refractivity contribution in [2.24, 2.45) is 0 Å². The Bertz CT molecular complexity index is 379. The summed E-state index contributed by atoms with van der Waals surface area (Å²) >= 11 is 0. The van der Waals surface area contributed by atoms with Gasteiger partial charge < -0.3 is 9.64 Å². The molecule has 1 rings (SSSR count). The van der Waals surface area contributed by atoms with Gasteiger partial charge in [0.1, 0.15) is 6.54 Å². The first kappa shape index (κ1) is 13.2. The van der Waals surface area contributed by atoms with E-state index in [2.05, 4.69) is 9.72 Å². The van der Waals surface area contributed by atoms with Gasteiger partial charge in [-0.3, -0.25) is 14.6 Å². The lowest BCUT2D eigenvalue weighted by molar-refractivity contribution is -0.146. The van der Waals surface area contributed by atoms with E-state index in [4.69, 9.17) is 0 Å². The van der Waals surface area contributed by atoms with Crippen molar-refractivity contribution < 1.29 is 14.3 Å². The molecule has 0 aromatic carbocycles. The molecule has 0 saturated heterocycles. The van der Waals surface area contributed by atoms with Gasteiger partial charge in [0, 0.05) is 18.4 Å². The standard InChI is InChI=1S/C12H16N2O3/c1-3-14(9-12(16)17-2)11(15)8-10-6-4-5-7-13-10/h4-7H,3,8-9H2,1-2H3. The Morgan fingerprint density at radius 3 is 2.71 bits per heavy atom. The number of rotatable bonds is 5. The topological polar surface area (TPSA) is 59.5 Å². The number of likely N-dealkylation sites (N-methyl/N-ethyl adjacent to an activating group) is 1. The average molecular weight is 236 g/mol. The molecule has 17 heavy (non-hydrogen) atoms. The van der Waals surface area contributed by atoms with Crippen LogP contribution in [0.5, 0.6) is 0 Å². The predicted molar refractivity (Wildman–Crippen MR) is 62.2 cm³/mol. The molecule has 0 fully saturated rings. The smallest absolute Gasteiger partial charge is 0.325 e. The molecule has 5 heteroatoms. The van der Waals surface area contributed by atoms with Crippen molar-refractivity contribution in [3.63, 3.8) is 0 Å². The van der Waals surface area contributed by atoms with E-state index < -0.39 is 5.97 Å².